The number of aliphatic hydroxyl groups is 2. The lowest BCUT2D eigenvalue weighted by Gasteiger charge is -2.34. The molecule has 3 rings (SSSR count). The molecule has 10 nitrogen and oxygen atoms in total. The van der Waals surface area contributed by atoms with Crippen molar-refractivity contribution >= 4 is 23.0 Å². The van der Waals surface area contributed by atoms with Crippen molar-refractivity contribution in [2.45, 2.75) is 31.8 Å². The summed E-state index contributed by atoms with van der Waals surface area (Å²) in [5.41, 5.74) is 1.34. The highest BCUT2D eigenvalue weighted by molar-refractivity contribution is 5.78. The fourth-order valence-electron chi connectivity index (χ4n) is 3.24. The van der Waals surface area contributed by atoms with E-state index in [4.69, 9.17) is 5.11 Å². The molecule has 10 heteroatoms. The summed E-state index contributed by atoms with van der Waals surface area (Å²) in [5, 5.41) is 45.1. The molecular formula is C15H20N4O6. The van der Waals surface area contributed by atoms with E-state index in [2.05, 4.69) is 10.6 Å². The molecule has 1 saturated heterocycles. The lowest BCUT2D eigenvalue weighted by atomic mass is 9.96. The number of hydrogen-bond donors (Lipinski definition) is 5. The van der Waals surface area contributed by atoms with Crippen molar-refractivity contribution in [1.82, 2.24) is 4.90 Å². The second-order valence-corrected chi connectivity index (χ2v) is 6.35. The van der Waals surface area contributed by atoms with Crippen LogP contribution < -0.4 is 10.6 Å². The summed E-state index contributed by atoms with van der Waals surface area (Å²) < 4.78 is 0. The SMILES string of the molecule is O=C(O)C1CCN(Cc2cc([N+](=O)[O-])cc3c2NC(O)C(O)N3)CC1. The molecule has 136 valence electrons. The van der Waals surface area contributed by atoms with Gasteiger partial charge < -0.3 is 26.0 Å². The molecule has 2 aliphatic heterocycles. The maximum atomic E-state index is 11.2. The van der Waals surface area contributed by atoms with E-state index in [0.717, 1.165) is 0 Å². The van der Waals surface area contributed by atoms with Gasteiger partial charge in [-0.2, -0.15) is 0 Å². The lowest BCUT2D eigenvalue weighted by molar-refractivity contribution is -0.384. The van der Waals surface area contributed by atoms with Crippen LogP contribution in [-0.4, -0.2) is 56.7 Å². The molecule has 0 radical (unpaired) electrons. The Morgan fingerprint density at radius 2 is 1.88 bits per heavy atom. The molecule has 0 aromatic heterocycles. The molecule has 0 aliphatic carbocycles. The molecule has 2 atom stereocenters. The zero-order valence-electron chi connectivity index (χ0n) is 13.4. The van der Waals surface area contributed by atoms with Crippen LogP contribution in [0.2, 0.25) is 0 Å². The second kappa shape index (κ2) is 6.82. The first kappa shape index (κ1) is 17.4. The average Bonchev–Trinajstić information content (AvgIpc) is 2.56. The minimum absolute atomic E-state index is 0.118. The summed E-state index contributed by atoms with van der Waals surface area (Å²) in [6.07, 6.45) is -1.45. The van der Waals surface area contributed by atoms with E-state index in [1.165, 1.54) is 12.1 Å². The molecule has 25 heavy (non-hydrogen) atoms. The van der Waals surface area contributed by atoms with Gasteiger partial charge in [-0.1, -0.05) is 0 Å². The van der Waals surface area contributed by atoms with Crippen molar-refractivity contribution in [3.63, 3.8) is 0 Å². The van der Waals surface area contributed by atoms with Crippen molar-refractivity contribution in [2.75, 3.05) is 23.7 Å². The van der Waals surface area contributed by atoms with Gasteiger partial charge in [0, 0.05) is 18.7 Å². The van der Waals surface area contributed by atoms with Gasteiger partial charge in [0.05, 0.1) is 22.2 Å². The van der Waals surface area contributed by atoms with Crippen LogP contribution in [0, 0.1) is 16.0 Å². The first-order valence-corrected chi connectivity index (χ1v) is 8.01. The Hall–Kier alpha value is -2.43. The summed E-state index contributed by atoms with van der Waals surface area (Å²) >= 11 is 0. The molecule has 2 aliphatic rings. The third-order valence-electron chi connectivity index (χ3n) is 4.64. The van der Waals surface area contributed by atoms with E-state index in [0.29, 0.717) is 49.4 Å². The number of piperidine rings is 1. The number of nitro benzene ring substituents is 1. The number of likely N-dealkylation sites (tertiary alicyclic amines) is 1. The lowest BCUT2D eigenvalue weighted by Crippen LogP contribution is -2.43. The van der Waals surface area contributed by atoms with Gasteiger partial charge in [-0.05, 0) is 31.5 Å². The average molecular weight is 352 g/mol. The standard InChI is InChI=1S/C15H20N4O6/c20-13-14(21)17-12-9(5-10(19(24)25)6-11(12)16-13)7-18-3-1-8(2-4-18)15(22)23/h5-6,8,13-14,16-17,20-21H,1-4,7H2,(H,22,23). The van der Waals surface area contributed by atoms with Crippen molar-refractivity contribution in [1.29, 1.82) is 0 Å². The molecule has 2 heterocycles. The number of hydrogen-bond acceptors (Lipinski definition) is 8. The first-order chi connectivity index (χ1) is 11.8. The second-order valence-electron chi connectivity index (χ2n) is 6.35. The number of aliphatic hydroxyl groups excluding tert-OH is 2. The summed E-state index contributed by atoms with van der Waals surface area (Å²) in [6.45, 7) is 1.54. The highest BCUT2D eigenvalue weighted by Crippen LogP contribution is 2.36. The summed E-state index contributed by atoms with van der Waals surface area (Å²) in [6, 6.07) is 2.73. The predicted octanol–water partition coefficient (Wildman–Crippen LogP) is 0.366. The third kappa shape index (κ3) is 3.65. The first-order valence-electron chi connectivity index (χ1n) is 8.01. The highest BCUT2D eigenvalue weighted by atomic mass is 16.6. The van der Waals surface area contributed by atoms with Gasteiger partial charge in [0.2, 0.25) is 0 Å². The van der Waals surface area contributed by atoms with E-state index in [1.807, 2.05) is 4.90 Å². The van der Waals surface area contributed by atoms with E-state index >= 15 is 0 Å². The predicted molar refractivity (Wildman–Crippen MR) is 88.0 cm³/mol. The number of nitrogens with one attached hydrogen (secondary N) is 2. The number of benzene rings is 1. The van der Waals surface area contributed by atoms with Gasteiger partial charge in [0.1, 0.15) is 0 Å². The Labute approximate surface area is 143 Å². The molecule has 1 aromatic rings. The van der Waals surface area contributed by atoms with Crippen molar-refractivity contribution < 1.29 is 25.0 Å². The van der Waals surface area contributed by atoms with Crippen molar-refractivity contribution in [3.05, 3.63) is 27.8 Å². The molecule has 0 saturated carbocycles. The Morgan fingerprint density at radius 3 is 2.48 bits per heavy atom. The number of anilines is 2. The highest BCUT2D eigenvalue weighted by Gasteiger charge is 2.30. The van der Waals surface area contributed by atoms with Gasteiger partial charge in [-0.3, -0.25) is 19.8 Å². The number of fused-ring (bicyclic) bond motifs is 1. The van der Waals surface area contributed by atoms with Gasteiger partial charge in [-0.15, -0.1) is 0 Å². The summed E-state index contributed by atoms with van der Waals surface area (Å²) in [4.78, 5) is 23.7. The molecular weight excluding hydrogens is 332 g/mol. The smallest absolute Gasteiger partial charge is 0.306 e. The fraction of sp³-hybridized carbons (Fsp3) is 0.533. The van der Waals surface area contributed by atoms with E-state index in [9.17, 15) is 25.1 Å². The third-order valence-corrected chi connectivity index (χ3v) is 4.64. The van der Waals surface area contributed by atoms with Gasteiger partial charge in [0.15, 0.2) is 12.5 Å². The monoisotopic (exact) mass is 352 g/mol. The van der Waals surface area contributed by atoms with Crippen LogP contribution in [0.1, 0.15) is 18.4 Å². The molecule has 2 unspecified atom stereocenters. The summed E-state index contributed by atoms with van der Waals surface area (Å²) in [7, 11) is 0. The van der Waals surface area contributed by atoms with Crippen LogP contribution in [0.15, 0.2) is 12.1 Å². The molecule has 0 spiro atoms. The fourth-order valence-corrected chi connectivity index (χ4v) is 3.24. The van der Waals surface area contributed by atoms with Gasteiger partial charge in [-0.25, -0.2) is 0 Å². The van der Waals surface area contributed by atoms with Crippen molar-refractivity contribution in [3.8, 4) is 0 Å². The van der Waals surface area contributed by atoms with Crippen molar-refractivity contribution in [2.24, 2.45) is 5.92 Å². The Bertz CT molecular complexity index is 689. The van der Waals surface area contributed by atoms with Crippen LogP contribution in [0.25, 0.3) is 0 Å². The molecule has 0 bridgehead atoms. The number of carboxylic acids is 1. The molecule has 1 fully saturated rings. The quantitative estimate of drug-likeness (QED) is 0.382. The maximum Gasteiger partial charge on any atom is 0.306 e. The Morgan fingerprint density at radius 1 is 1.24 bits per heavy atom. The number of non-ortho nitro benzene ring substituents is 1. The number of carbonyl (C=O) groups is 1. The molecule has 5 N–H and O–H groups in total. The van der Waals surface area contributed by atoms with E-state index in [-0.39, 0.29) is 11.6 Å². The minimum atomic E-state index is -1.27. The number of nitrogens with zero attached hydrogens (tertiary/aromatic N) is 2. The van der Waals surface area contributed by atoms with Crippen LogP contribution in [0.3, 0.4) is 0 Å². The molecule has 0 amide bonds. The number of aliphatic carboxylic acids is 1. The van der Waals surface area contributed by atoms with Crippen LogP contribution >= 0.6 is 0 Å². The zero-order valence-corrected chi connectivity index (χ0v) is 13.4. The van der Waals surface area contributed by atoms with Crippen LogP contribution in [0.5, 0.6) is 0 Å². The Kier molecular flexibility index (Phi) is 4.75. The number of rotatable bonds is 4. The number of carboxylic acid groups (broad SMARTS) is 1. The molecule has 1 aromatic carbocycles. The van der Waals surface area contributed by atoms with Crippen LogP contribution in [0.4, 0.5) is 17.1 Å². The minimum Gasteiger partial charge on any atom is -0.481 e. The largest absolute Gasteiger partial charge is 0.481 e. The van der Waals surface area contributed by atoms with Crippen LogP contribution in [-0.2, 0) is 11.3 Å². The topological polar surface area (TPSA) is 148 Å². The van der Waals surface area contributed by atoms with Gasteiger partial charge in [0.25, 0.3) is 5.69 Å². The van der Waals surface area contributed by atoms with E-state index < -0.39 is 23.3 Å². The van der Waals surface area contributed by atoms with E-state index in [1.54, 1.807) is 0 Å². The Balaban J connectivity index is 1.83. The van der Waals surface area contributed by atoms with Gasteiger partial charge >= 0.3 is 5.97 Å². The zero-order chi connectivity index (χ0) is 18.1. The summed E-state index contributed by atoms with van der Waals surface area (Å²) in [5.74, 6) is -1.15. The maximum absolute atomic E-state index is 11.2. The number of nitro groups is 1. The normalized spacial score (nSPS) is 24.1.